The number of nitro benzene ring substituents is 1. The van der Waals surface area contributed by atoms with Crippen LogP contribution in [-0.2, 0) is 4.79 Å². The summed E-state index contributed by atoms with van der Waals surface area (Å²) >= 11 is 1.33. The highest BCUT2D eigenvalue weighted by Gasteiger charge is 2.58. The van der Waals surface area contributed by atoms with Gasteiger partial charge in [-0.15, -0.1) is 11.3 Å². The highest BCUT2D eigenvalue weighted by Crippen LogP contribution is 2.47. The summed E-state index contributed by atoms with van der Waals surface area (Å²) in [5.74, 6) is -2.73. The fourth-order valence-electron chi connectivity index (χ4n) is 4.27. The van der Waals surface area contributed by atoms with E-state index in [1.807, 2.05) is 0 Å². The van der Waals surface area contributed by atoms with Gasteiger partial charge in [-0.05, 0) is 42.1 Å². The van der Waals surface area contributed by atoms with Gasteiger partial charge >= 0.3 is 0 Å². The lowest BCUT2D eigenvalue weighted by molar-refractivity contribution is -0.385. The van der Waals surface area contributed by atoms with E-state index in [1.165, 1.54) is 40.5 Å². The van der Waals surface area contributed by atoms with Crippen LogP contribution in [0.1, 0.15) is 37.2 Å². The molecule has 2 aromatic carbocycles. The summed E-state index contributed by atoms with van der Waals surface area (Å²) in [5.41, 5.74) is 0.0774. The van der Waals surface area contributed by atoms with Crippen LogP contribution in [-0.4, -0.2) is 33.6 Å². The normalized spacial score (nSPS) is 19.9. The van der Waals surface area contributed by atoms with Crippen LogP contribution in [0.3, 0.4) is 0 Å². The first kappa shape index (κ1) is 20.0. The summed E-state index contributed by atoms with van der Waals surface area (Å²) in [6.07, 6.45) is 0. The van der Waals surface area contributed by atoms with E-state index in [1.54, 1.807) is 30.5 Å². The molecule has 32 heavy (non-hydrogen) atoms. The number of amides is 3. The number of halogens is 1. The number of fused-ring (bicyclic) bond motifs is 1. The molecule has 2 aliphatic rings. The number of anilines is 1. The molecule has 1 fully saturated rings. The molecular weight excluding hydrogens is 437 g/mol. The van der Waals surface area contributed by atoms with Gasteiger partial charge in [0.2, 0.25) is 0 Å². The Morgan fingerprint density at radius 1 is 1.00 bits per heavy atom. The molecule has 5 rings (SSSR count). The first-order valence-electron chi connectivity index (χ1n) is 9.59. The molecule has 3 amide bonds. The number of rotatable bonds is 4. The van der Waals surface area contributed by atoms with Crippen LogP contribution >= 0.6 is 11.3 Å². The third kappa shape index (κ3) is 2.69. The Hall–Kier alpha value is -3.92. The molecular formula is C22H14FN3O5S. The van der Waals surface area contributed by atoms with Crippen molar-refractivity contribution in [3.05, 3.63) is 91.4 Å². The van der Waals surface area contributed by atoms with Gasteiger partial charge in [0.05, 0.1) is 16.2 Å². The Morgan fingerprint density at radius 3 is 2.47 bits per heavy atom. The average Bonchev–Trinajstić information content (AvgIpc) is 3.37. The summed E-state index contributed by atoms with van der Waals surface area (Å²) in [7, 11) is 0. The first-order chi connectivity index (χ1) is 15.3. The molecule has 0 N–H and O–H groups in total. The maximum absolute atomic E-state index is 14.0. The van der Waals surface area contributed by atoms with Crippen molar-refractivity contribution in [1.82, 2.24) is 4.90 Å². The van der Waals surface area contributed by atoms with E-state index in [-0.39, 0.29) is 11.1 Å². The van der Waals surface area contributed by atoms with E-state index in [9.17, 15) is 28.9 Å². The van der Waals surface area contributed by atoms with Crippen LogP contribution in [0.25, 0.3) is 0 Å². The molecule has 0 unspecified atom stereocenters. The van der Waals surface area contributed by atoms with Crippen LogP contribution in [0.5, 0.6) is 0 Å². The van der Waals surface area contributed by atoms with Crippen molar-refractivity contribution in [2.75, 3.05) is 4.90 Å². The SMILES string of the molecule is Cc1ccc(F)cc1N1C(=O)[C@@H](N2C(=O)c3cccc([N+](=O)[O-])c3C2=O)[C@@H]1c1cccs1. The number of carbonyl (C=O) groups excluding carboxylic acids is 3. The first-order valence-corrected chi connectivity index (χ1v) is 10.5. The second-order valence-electron chi connectivity index (χ2n) is 7.48. The highest BCUT2D eigenvalue weighted by molar-refractivity contribution is 7.10. The molecule has 0 aliphatic carbocycles. The van der Waals surface area contributed by atoms with E-state index in [4.69, 9.17) is 0 Å². The number of aryl methyl sites for hydroxylation is 1. The van der Waals surface area contributed by atoms with Crippen LogP contribution < -0.4 is 4.90 Å². The van der Waals surface area contributed by atoms with Gasteiger partial charge in [-0.1, -0.05) is 18.2 Å². The van der Waals surface area contributed by atoms with E-state index >= 15 is 0 Å². The minimum atomic E-state index is -1.19. The minimum Gasteiger partial charge on any atom is -0.299 e. The van der Waals surface area contributed by atoms with E-state index in [0.29, 0.717) is 16.1 Å². The molecule has 3 heterocycles. The maximum atomic E-state index is 14.0. The Morgan fingerprint density at radius 2 is 1.78 bits per heavy atom. The van der Waals surface area contributed by atoms with Gasteiger partial charge in [0.15, 0.2) is 0 Å². The van der Waals surface area contributed by atoms with Crippen molar-refractivity contribution >= 4 is 40.4 Å². The number of hydrogen-bond donors (Lipinski definition) is 0. The second-order valence-corrected chi connectivity index (χ2v) is 8.46. The Kier molecular flexibility index (Phi) is 4.41. The van der Waals surface area contributed by atoms with Crippen molar-refractivity contribution in [1.29, 1.82) is 0 Å². The zero-order chi connectivity index (χ0) is 22.7. The van der Waals surface area contributed by atoms with Gasteiger partial charge in [0, 0.05) is 10.9 Å². The average molecular weight is 451 g/mol. The van der Waals surface area contributed by atoms with Gasteiger partial charge < -0.3 is 0 Å². The summed E-state index contributed by atoms with van der Waals surface area (Å²) in [6.45, 7) is 1.73. The van der Waals surface area contributed by atoms with Gasteiger partial charge in [-0.3, -0.25) is 34.3 Å². The van der Waals surface area contributed by atoms with Gasteiger partial charge in [-0.25, -0.2) is 4.39 Å². The van der Waals surface area contributed by atoms with Crippen molar-refractivity contribution in [2.45, 2.75) is 19.0 Å². The highest BCUT2D eigenvalue weighted by atomic mass is 32.1. The molecule has 2 aliphatic heterocycles. The van der Waals surface area contributed by atoms with Gasteiger partial charge in [0.25, 0.3) is 23.4 Å². The van der Waals surface area contributed by atoms with Gasteiger partial charge in [0.1, 0.15) is 23.5 Å². The third-order valence-corrected chi connectivity index (χ3v) is 6.68. The molecule has 10 heteroatoms. The molecule has 3 aromatic rings. The van der Waals surface area contributed by atoms with Crippen LogP contribution in [0.2, 0.25) is 0 Å². The number of thiophene rings is 1. The Balaban J connectivity index is 1.61. The number of nitrogens with zero attached hydrogens (tertiary/aromatic N) is 3. The summed E-state index contributed by atoms with van der Waals surface area (Å²) in [4.78, 5) is 53.1. The number of nitro groups is 1. The number of imide groups is 1. The van der Waals surface area contributed by atoms with Crippen LogP contribution in [0, 0.1) is 22.9 Å². The Bertz CT molecular complexity index is 1320. The number of benzene rings is 2. The lowest BCUT2D eigenvalue weighted by Crippen LogP contribution is -2.67. The molecule has 2 atom stereocenters. The number of hydrogen-bond acceptors (Lipinski definition) is 6. The molecule has 0 spiro atoms. The van der Waals surface area contributed by atoms with E-state index in [0.717, 1.165) is 11.0 Å². The van der Waals surface area contributed by atoms with Crippen molar-refractivity contribution < 1.29 is 23.7 Å². The molecule has 0 radical (unpaired) electrons. The summed E-state index contributed by atoms with van der Waals surface area (Å²) in [6, 6.07) is 9.47. The van der Waals surface area contributed by atoms with Crippen molar-refractivity contribution in [3.8, 4) is 0 Å². The molecule has 8 nitrogen and oxygen atoms in total. The quantitative estimate of drug-likeness (QED) is 0.260. The second kappa shape index (κ2) is 7.06. The predicted octanol–water partition coefficient (Wildman–Crippen LogP) is 3.86. The van der Waals surface area contributed by atoms with Crippen molar-refractivity contribution in [2.24, 2.45) is 0 Å². The maximum Gasteiger partial charge on any atom is 0.282 e. The largest absolute Gasteiger partial charge is 0.299 e. The zero-order valence-corrected chi connectivity index (χ0v) is 17.3. The van der Waals surface area contributed by atoms with E-state index < -0.39 is 46.2 Å². The summed E-state index contributed by atoms with van der Waals surface area (Å²) in [5, 5.41) is 13.2. The van der Waals surface area contributed by atoms with Gasteiger partial charge in [-0.2, -0.15) is 0 Å². The predicted molar refractivity (Wildman–Crippen MR) is 113 cm³/mol. The fourth-order valence-corrected chi connectivity index (χ4v) is 5.11. The minimum absolute atomic E-state index is 0.109. The number of carbonyl (C=O) groups is 3. The number of β-lactam (4-membered cyclic amide) rings is 1. The monoisotopic (exact) mass is 451 g/mol. The van der Waals surface area contributed by atoms with Crippen LogP contribution in [0.4, 0.5) is 15.8 Å². The standard InChI is InChI=1S/C22H14FN3O5S/c1-11-7-8-12(23)10-15(11)24-18(16-6-3-9-32-16)19(22(24)29)25-20(27)13-4-2-5-14(26(30)31)17(13)21(25)28/h2-10,18-19H,1H3/t18-,19-/m0/s1. The van der Waals surface area contributed by atoms with Crippen molar-refractivity contribution in [3.63, 3.8) is 0 Å². The third-order valence-electron chi connectivity index (χ3n) is 5.73. The fraction of sp³-hybridized carbons (Fsp3) is 0.136. The molecule has 1 aromatic heterocycles. The molecule has 1 saturated heterocycles. The zero-order valence-electron chi connectivity index (χ0n) is 16.5. The molecule has 0 bridgehead atoms. The molecule has 160 valence electrons. The van der Waals surface area contributed by atoms with Crippen LogP contribution in [0.15, 0.2) is 53.9 Å². The van der Waals surface area contributed by atoms with E-state index in [2.05, 4.69) is 0 Å². The topological polar surface area (TPSA) is 101 Å². The lowest BCUT2D eigenvalue weighted by atomic mass is 9.90. The Labute approximate surface area is 184 Å². The smallest absolute Gasteiger partial charge is 0.282 e. The molecule has 0 saturated carbocycles. The summed E-state index contributed by atoms with van der Waals surface area (Å²) < 4.78 is 14.0. The lowest BCUT2D eigenvalue weighted by Gasteiger charge is -2.49.